The predicted octanol–water partition coefficient (Wildman–Crippen LogP) is 5.87. The van der Waals surface area contributed by atoms with Crippen molar-refractivity contribution >= 4 is 11.9 Å². The van der Waals surface area contributed by atoms with E-state index in [1.807, 2.05) is 66.9 Å². The molecule has 2 N–H and O–H groups in total. The van der Waals surface area contributed by atoms with Gasteiger partial charge in [0.15, 0.2) is 0 Å². The fraction of sp³-hybridized carbons (Fsp3) is 0.303. The first-order valence-corrected chi connectivity index (χ1v) is 13.9. The number of nitrogens with one attached hydrogen (secondary N) is 1. The van der Waals surface area contributed by atoms with E-state index < -0.39 is 18.2 Å². The van der Waals surface area contributed by atoms with Gasteiger partial charge in [-0.05, 0) is 52.9 Å². The first-order chi connectivity index (χ1) is 19.8. The molecule has 1 amide bonds. The maximum atomic E-state index is 13.7. The molecule has 0 spiro atoms. The number of aliphatic hydroxyl groups excluding tert-OH is 1. The molecule has 0 radical (unpaired) electrons. The van der Waals surface area contributed by atoms with Gasteiger partial charge in [0.2, 0.25) is 0 Å². The maximum absolute atomic E-state index is 13.7. The van der Waals surface area contributed by atoms with Gasteiger partial charge in [-0.3, -0.25) is 9.59 Å². The van der Waals surface area contributed by atoms with E-state index in [9.17, 15) is 19.1 Å². The summed E-state index contributed by atoms with van der Waals surface area (Å²) in [4.78, 5) is 30.3. The van der Waals surface area contributed by atoms with Crippen molar-refractivity contribution in [2.24, 2.45) is 0 Å². The Balaban J connectivity index is 1.42. The van der Waals surface area contributed by atoms with Crippen molar-refractivity contribution in [1.82, 2.24) is 14.9 Å². The quantitative estimate of drug-likeness (QED) is 0.252. The number of benzene rings is 3. The fourth-order valence-electron chi connectivity index (χ4n) is 5.33. The third-order valence-electron chi connectivity index (χ3n) is 7.27. The van der Waals surface area contributed by atoms with Gasteiger partial charge in [-0.15, -0.1) is 0 Å². The standard InChI is InChI=1S/C33H34FN3O4/c1-21(2)31-30(33(40)35-20-22-7-6-10-25(17-22)23-8-4-3-5-9-23)36-32(24-11-13-26(34)14-12-24)37(31)16-15-28-18-27(38)19-29(39)41-28/h3-14,17,21,27-28,38H,15-16,18-20H2,1-2H3,(H,35,40)/t27-,28-/m1/s1. The summed E-state index contributed by atoms with van der Waals surface area (Å²) in [6, 6.07) is 24.1. The number of hydrogen-bond donors (Lipinski definition) is 2. The maximum Gasteiger partial charge on any atom is 0.308 e. The molecule has 2 atom stereocenters. The van der Waals surface area contributed by atoms with Crippen molar-refractivity contribution in [3.63, 3.8) is 0 Å². The molecule has 212 valence electrons. The molecule has 4 aromatic rings. The second-order valence-corrected chi connectivity index (χ2v) is 10.7. The summed E-state index contributed by atoms with van der Waals surface area (Å²) in [5.74, 6) is -0.611. The predicted molar refractivity (Wildman–Crippen MR) is 154 cm³/mol. The number of nitrogens with zero attached hydrogens (tertiary/aromatic N) is 2. The van der Waals surface area contributed by atoms with Crippen molar-refractivity contribution in [3.8, 4) is 22.5 Å². The lowest BCUT2D eigenvalue weighted by molar-refractivity contribution is -0.160. The van der Waals surface area contributed by atoms with E-state index in [-0.39, 0.29) is 24.1 Å². The van der Waals surface area contributed by atoms with Crippen LogP contribution in [-0.4, -0.2) is 38.7 Å². The summed E-state index contributed by atoms with van der Waals surface area (Å²) in [5.41, 5.74) is 4.84. The van der Waals surface area contributed by atoms with Gasteiger partial charge in [0.05, 0.1) is 18.2 Å². The lowest BCUT2D eigenvalue weighted by Gasteiger charge is -2.26. The second-order valence-electron chi connectivity index (χ2n) is 10.7. The molecule has 8 heteroatoms. The molecule has 3 aromatic carbocycles. The highest BCUT2D eigenvalue weighted by molar-refractivity contribution is 5.94. The highest BCUT2D eigenvalue weighted by Gasteiger charge is 2.29. The molecule has 41 heavy (non-hydrogen) atoms. The molecule has 0 unspecified atom stereocenters. The molecule has 5 rings (SSSR count). The molecule has 1 aromatic heterocycles. The summed E-state index contributed by atoms with van der Waals surface area (Å²) in [7, 11) is 0. The fourth-order valence-corrected chi connectivity index (χ4v) is 5.33. The minimum absolute atomic E-state index is 0.00176. The van der Waals surface area contributed by atoms with E-state index in [4.69, 9.17) is 9.72 Å². The van der Waals surface area contributed by atoms with Crippen LogP contribution in [-0.2, 0) is 22.6 Å². The Hall–Kier alpha value is -4.30. The molecule has 1 saturated heterocycles. The molecule has 1 fully saturated rings. The van der Waals surface area contributed by atoms with Crippen molar-refractivity contribution < 1.29 is 23.8 Å². The molecule has 7 nitrogen and oxygen atoms in total. The van der Waals surface area contributed by atoms with Gasteiger partial charge >= 0.3 is 5.97 Å². The van der Waals surface area contributed by atoms with Crippen molar-refractivity contribution in [2.45, 2.75) is 64.3 Å². The molecule has 0 aliphatic carbocycles. The van der Waals surface area contributed by atoms with E-state index in [2.05, 4.69) is 11.4 Å². The number of amides is 1. The Morgan fingerprint density at radius 1 is 1.05 bits per heavy atom. The smallest absolute Gasteiger partial charge is 0.308 e. The average molecular weight is 556 g/mol. The van der Waals surface area contributed by atoms with Crippen LogP contribution < -0.4 is 5.32 Å². The van der Waals surface area contributed by atoms with Crippen LogP contribution >= 0.6 is 0 Å². The summed E-state index contributed by atoms with van der Waals surface area (Å²) in [6.07, 6.45) is -0.368. The number of carbonyl (C=O) groups excluding carboxylic acids is 2. The zero-order valence-electron chi connectivity index (χ0n) is 23.2. The van der Waals surface area contributed by atoms with Crippen molar-refractivity contribution in [1.29, 1.82) is 0 Å². The molecule has 1 aliphatic heterocycles. The highest BCUT2D eigenvalue weighted by Crippen LogP contribution is 2.30. The largest absolute Gasteiger partial charge is 0.462 e. The van der Waals surface area contributed by atoms with Crippen LogP contribution in [0.2, 0.25) is 0 Å². The van der Waals surface area contributed by atoms with Gasteiger partial charge in [0.1, 0.15) is 23.4 Å². The van der Waals surface area contributed by atoms with Crippen LogP contribution in [0.3, 0.4) is 0 Å². The number of aliphatic hydroxyl groups is 1. The zero-order chi connectivity index (χ0) is 28.9. The summed E-state index contributed by atoms with van der Waals surface area (Å²) in [6.45, 7) is 4.72. The number of hydrogen-bond acceptors (Lipinski definition) is 5. The van der Waals surface area contributed by atoms with E-state index in [1.54, 1.807) is 12.1 Å². The SMILES string of the molecule is CC(C)c1c(C(=O)NCc2cccc(-c3ccccc3)c2)nc(-c2ccc(F)cc2)n1CC[C@@H]1C[C@@H](O)CC(=O)O1. The second kappa shape index (κ2) is 12.5. The minimum Gasteiger partial charge on any atom is -0.462 e. The number of rotatable bonds is 9. The van der Waals surface area contributed by atoms with Crippen molar-refractivity contribution in [3.05, 3.63) is 102 Å². The summed E-state index contributed by atoms with van der Waals surface area (Å²) in [5, 5.41) is 13.1. The summed E-state index contributed by atoms with van der Waals surface area (Å²) < 4.78 is 21.2. The zero-order valence-corrected chi connectivity index (χ0v) is 23.2. The van der Waals surface area contributed by atoms with Crippen LogP contribution in [0.5, 0.6) is 0 Å². The minimum atomic E-state index is -0.730. The molecule has 1 aliphatic rings. The summed E-state index contributed by atoms with van der Waals surface area (Å²) >= 11 is 0. The first-order valence-electron chi connectivity index (χ1n) is 13.9. The van der Waals surface area contributed by atoms with Gasteiger partial charge in [-0.1, -0.05) is 62.4 Å². The molecule has 2 heterocycles. The van der Waals surface area contributed by atoms with Gasteiger partial charge in [0, 0.05) is 31.5 Å². The highest BCUT2D eigenvalue weighted by atomic mass is 19.1. The number of esters is 1. The Morgan fingerprint density at radius 2 is 1.78 bits per heavy atom. The van der Waals surface area contributed by atoms with Crippen LogP contribution in [0.4, 0.5) is 4.39 Å². The van der Waals surface area contributed by atoms with Crippen LogP contribution in [0.1, 0.15) is 60.8 Å². The molecular weight excluding hydrogens is 521 g/mol. The number of imidazole rings is 1. The number of ether oxygens (including phenoxy) is 1. The monoisotopic (exact) mass is 555 g/mol. The third kappa shape index (κ3) is 6.72. The normalized spacial score (nSPS) is 17.0. The Kier molecular flexibility index (Phi) is 8.59. The molecule has 0 bridgehead atoms. The molecular formula is C33H34FN3O4. The van der Waals surface area contributed by atoms with Gasteiger partial charge in [-0.2, -0.15) is 0 Å². The number of halogens is 1. The van der Waals surface area contributed by atoms with Crippen molar-refractivity contribution in [2.75, 3.05) is 0 Å². The topological polar surface area (TPSA) is 93.5 Å². The first kappa shape index (κ1) is 28.2. The van der Waals surface area contributed by atoms with E-state index >= 15 is 0 Å². The molecule has 0 saturated carbocycles. The number of aromatic nitrogens is 2. The average Bonchev–Trinajstić information content (AvgIpc) is 3.35. The van der Waals surface area contributed by atoms with E-state index in [1.165, 1.54) is 12.1 Å². The lowest BCUT2D eigenvalue weighted by Crippen LogP contribution is -2.33. The number of carbonyl (C=O) groups is 2. The number of cyclic esters (lactones) is 1. The lowest BCUT2D eigenvalue weighted by atomic mass is 10.0. The van der Waals surface area contributed by atoms with E-state index in [0.29, 0.717) is 43.0 Å². The Labute approximate surface area is 239 Å². The third-order valence-corrected chi connectivity index (χ3v) is 7.27. The van der Waals surface area contributed by atoms with Crippen LogP contribution in [0, 0.1) is 5.82 Å². The van der Waals surface area contributed by atoms with Crippen LogP contribution in [0.25, 0.3) is 22.5 Å². The Morgan fingerprint density at radius 3 is 2.49 bits per heavy atom. The van der Waals surface area contributed by atoms with Gasteiger partial charge < -0.3 is 19.7 Å². The Bertz CT molecular complexity index is 1520. The van der Waals surface area contributed by atoms with E-state index in [0.717, 1.165) is 22.4 Å². The van der Waals surface area contributed by atoms with Gasteiger partial charge in [-0.25, -0.2) is 9.37 Å². The van der Waals surface area contributed by atoms with Gasteiger partial charge in [0.25, 0.3) is 5.91 Å². The van der Waals surface area contributed by atoms with Crippen LogP contribution in [0.15, 0.2) is 78.9 Å².